The number of piperazine rings is 2. The third kappa shape index (κ3) is 18.4. The number of thiazole rings is 1. The highest BCUT2D eigenvalue weighted by atomic mass is 32.1. The lowest BCUT2D eigenvalue weighted by Crippen LogP contribution is -2.58. The number of nitrogens with zero attached hydrogens (tertiary/aromatic N) is 8. The molecule has 5 atom stereocenters. The molecule has 0 spiro atoms. The van der Waals surface area contributed by atoms with Crippen molar-refractivity contribution in [2.75, 3.05) is 114 Å². The Bertz CT molecular complexity index is 3400. The van der Waals surface area contributed by atoms with Crippen molar-refractivity contribution in [3.05, 3.63) is 105 Å². The van der Waals surface area contributed by atoms with Gasteiger partial charge in [-0.05, 0) is 56.5 Å². The fraction of sp³-hybridized carbons (Fsp3) is 0.516. The summed E-state index contributed by atoms with van der Waals surface area (Å²) in [6, 6.07) is 8.69. The normalized spacial score (nSPS) is 18.5. The second kappa shape index (κ2) is 30.9. The quantitative estimate of drug-likeness (QED) is 0.0344. The Labute approximate surface area is 528 Å². The summed E-state index contributed by atoms with van der Waals surface area (Å²) in [6.07, 6.45) is -2.45. The minimum atomic E-state index is -5.02. The van der Waals surface area contributed by atoms with Gasteiger partial charge in [0.25, 0.3) is 5.91 Å². The number of rotatable bonds is 25. The summed E-state index contributed by atoms with van der Waals surface area (Å²) in [5.74, 6) is -3.53. The average molecular weight is 1290 g/mol. The van der Waals surface area contributed by atoms with E-state index in [0.717, 1.165) is 21.7 Å². The van der Waals surface area contributed by atoms with Crippen LogP contribution in [0, 0.1) is 18.2 Å². The van der Waals surface area contributed by atoms with Crippen LogP contribution >= 0.6 is 11.3 Å². The van der Waals surface area contributed by atoms with E-state index >= 15 is 4.39 Å². The van der Waals surface area contributed by atoms with Gasteiger partial charge in [0.15, 0.2) is 0 Å². The SMILES string of the molecule is Cc1ncsc1-c1ccc(CNC(=O)[C@@H]2C[C@@H](O)CN2C(=O)[C@@H](NC(=O)COCCOCCOCCNC(=O)CCC(=O)N2CCN(c3ncc(-c4cc(NC(=O)c5c[nH]c(=O)cc5C(F)(F)F)c(N5C[C@@H](C)N(C)[C@@H](C)C5)cc4F)cn3)CC2)C(C)(C)C)cc1. The number of likely N-dealkylation sites (N-methyl/N-ethyl adjacent to an activating group) is 1. The number of pyridine rings is 1. The summed E-state index contributed by atoms with van der Waals surface area (Å²) >= 11 is 1.55. The van der Waals surface area contributed by atoms with E-state index in [2.05, 4.69) is 46.1 Å². The molecule has 0 radical (unpaired) electrons. The molecule has 0 unspecified atom stereocenters. The van der Waals surface area contributed by atoms with Crippen molar-refractivity contribution >= 4 is 64.1 Å². The Morgan fingerprint density at radius 3 is 2.11 bits per heavy atom. The van der Waals surface area contributed by atoms with Gasteiger partial charge in [-0.15, -0.1) is 11.3 Å². The third-order valence-electron chi connectivity index (χ3n) is 16.2. The number of nitrogens with one attached hydrogen (secondary N) is 5. The van der Waals surface area contributed by atoms with E-state index in [0.29, 0.717) is 57.5 Å². The molecule has 6 N–H and O–H groups in total. The molecule has 91 heavy (non-hydrogen) atoms. The van der Waals surface area contributed by atoms with E-state index in [4.69, 9.17) is 14.2 Å². The lowest BCUT2D eigenvalue weighted by Gasteiger charge is -2.44. The molecular formula is C62H79F4N13O11S. The third-order valence-corrected chi connectivity index (χ3v) is 17.2. The molecule has 0 saturated carbocycles. The first-order valence-corrected chi connectivity index (χ1v) is 30.9. The summed E-state index contributed by atoms with van der Waals surface area (Å²) in [5.41, 5.74) is 1.06. The molecule has 3 saturated heterocycles. The predicted molar refractivity (Wildman–Crippen MR) is 331 cm³/mol. The Morgan fingerprint density at radius 2 is 1.47 bits per heavy atom. The minimum Gasteiger partial charge on any atom is -0.391 e. The topological polar surface area (TPSA) is 286 Å². The number of aromatic amines is 1. The van der Waals surface area contributed by atoms with E-state index in [1.54, 1.807) is 42.5 Å². The fourth-order valence-corrected chi connectivity index (χ4v) is 11.7. The lowest BCUT2D eigenvalue weighted by atomic mass is 9.85. The number of aliphatic hydroxyl groups is 1. The maximum Gasteiger partial charge on any atom is 0.417 e. The highest BCUT2D eigenvalue weighted by Gasteiger charge is 2.45. The van der Waals surface area contributed by atoms with Gasteiger partial charge >= 0.3 is 6.18 Å². The van der Waals surface area contributed by atoms with Crippen molar-refractivity contribution in [1.82, 2.24) is 50.6 Å². The van der Waals surface area contributed by atoms with Gasteiger partial charge in [0.05, 0.1) is 77.7 Å². The van der Waals surface area contributed by atoms with Gasteiger partial charge in [0.2, 0.25) is 41.0 Å². The summed E-state index contributed by atoms with van der Waals surface area (Å²) in [6.45, 7) is 14.3. The number of amides is 6. The van der Waals surface area contributed by atoms with Crippen LogP contribution in [0.2, 0.25) is 0 Å². The number of β-amino-alcohol motifs (C(OH)–C–C–N with tert-alkyl or cyclic N) is 1. The number of aromatic nitrogens is 4. The molecule has 29 heteroatoms. The highest BCUT2D eigenvalue weighted by molar-refractivity contribution is 7.13. The molecule has 3 aromatic heterocycles. The fourth-order valence-electron chi connectivity index (χ4n) is 10.9. The smallest absolute Gasteiger partial charge is 0.391 e. The second-order valence-corrected chi connectivity index (χ2v) is 24.8. The van der Waals surface area contributed by atoms with Crippen LogP contribution in [0.4, 0.5) is 34.9 Å². The standard InChI is InChI=1S/C62H79F4N13O11S/c1-37-32-78(33-38(2)75(37)7)49-27-47(63)44(25-48(49)73-57(85)45-31-68-52(82)26-46(45)62(64,65)66)42-29-70-60(71-30-42)77-17-15-76(16-18-77)54(84)13-12-51(81)67-14-19-88-20-21-89-22-23-90-35-53(83)74-56(61(4,5)6)59(87)79-34-43(80)24-50(79)58(86)69-28-40-8-10-41(11-9-40)55-39(3)72-36-91-55/h8-11,25-27,29-31,36-38,43,50,56,80H,12-24,28,32-35H2,1-7H3,(H,67,81)(H,68,82)(H,69,86)(H,73,85)(H,74,83)/t37-,38+,43-,50+,56-/m1/s1. The van der Waals surface area contributed by atoms with E-state index < -0.39 is 75.9 Å². The number of alkyl halides is 3. The average Bonchev–Trinajstić information content (AvgIpc) is 1.33. The first-order valence-electron chi connectivity index (χ1n) is 30.1. The number of carbonyl (C=O) groups excluding carboxylic acids is 6. The number of likely N-dealkylation sites (tertiary alicyclic amines) is 1. The molecule has 8 rings (SSSR count). The zero-order valence-corrected chi connectivity index (χ0v) is 52.8. The molecule has 6 amide bonds. The van der Waals surface area contributed by atoms with Crippen LogP contribution < -0.4 is 36.6 Å². The van der Waals surface area contributed by atoms with Crippen molar-refractivity contribution in [2.45, 2.75) is 104 Å². The maximum absolute atomic E-state index is 16.2. The van der Waals surface area contributed by atoms with Crippen molar-refractivity contribution in [1.29, 1.82) is 0 Å². The number of anilines is 3. The number of H-pyrrole nitrogens is 1. The zero-order valence-electron chi connectivity index (χ0n) is 52.0. The van der Waals surface area contributed by atoms with E-state index in [9.17, 15) is 51.8 Å². The molecule has 0 bridgehead atoms. The monoisotopic (exact) mass is 1290 g/mol. The summed E-state index contributed by atoms with van der Waals surface area (Å²) in [4.78, 5) is 117. The number of ether oxygens (including phenoxy) is 3. The summed E-state index contributed by atoms with van der Waals surface area (Å²) in [5, 5.41) is 21.5. The highest BCUT2D eigenvalue weighted by Crippen LogP contribution is 2.38. The Morgan fingerprint density at radius 1 is 0.813 bits per heavy atom. The van der Waals surface area contributed by atoms with E-state index in [1.165, 1.54) is 29.4 Å². The minimum absolute atomic E-state index is 0.00907. The van der Waals surface area contributed by atoms with Gasteiger partial charge in [-0.2, -0.15) is 13.2 Å². The van der Waals surface area contributed by atoms with Crippen molar-refractivity contribution in [2.24, 2.45) is 5.41 Å². The first-order chi connectivity index (χ1) is 43.2. The van der Waals surface area contributed by atoms with Crippen LogP contribution in [0.3, 0.4) is 0 Å². The van der Waals surface area contributed by atoms with Gasteiger partial charge < -0.3 is 65.2 Å². The lowest BCUT2D eigenvalue weighted by molar-refractivity contribution is -0.144. The number of halogens is 4. The molecule has 3 aliphatic heterocycles. The van der Waals surface area contributed by atoms with Crippen molar-refractivity contribution in [3.8, 4) is 21.6 Å². The number of hydrogen-bond acceptors (Lipinski definition) is 18. The van der Waals surface area contributed by atoms with Crippen LogP contribution in [0.15, 0.2) is 71.4 Å². The van der Waals surface area contributed by atoms with E-state index in [1.807, 2.05) is 61.9 Å². The predicted octanol–water partition coefficient (Wildman–Crippen LogP) is 4.61. The maximum atomic E-state index is 16.2. The first kappa shape index (κ1) is 68.9. The van der Waals surface area contributed by atoms with Crippen LogP contribution in [0.5, 0.6) is 0 Å². The number of carbonyl (C=O) groups is 6. The molecule has 6 heterocycles. The van der Waals surface area contributed by atoms with E-state index in [-0.39, 0.29) is 125 Å². The molecule has 5 aromatic rings. The van der Waals surface area contributed by atoms with Gasteiger partial charge in [-0.1, -0.05) is 45.0 Å². The molecule has 3 fully saturated rings. The number of aryl methyl sites for hydroxylation is 1. The Hall–Kier alpha value is -7.96. The molecule has 2 aromatic carbocycles. The second-order valence-electron chi connectivity index (χ2n) is 23.9. The Balaban J connectivity index is 0.696. The van der Waals surface area contributed by atoms with Gasteiger partial charge in [0, 0.05) is 126 Å². The molecule has 24 nitrogen and oxygen atoms in total. The van der Waals surface area contributed by atoms with Crippen LogP contribution in [0.25, 0.3) is 21.6 Å². The molecular weight excluding hydrogens is 1210 g/mol. The van der Waals surface area contributed by atoms with Gasteiger partial charge in [-0.25, -0.2) is 19.3 Å². The largest absolute Gasteiger partial charge is 0.417 e. The Kier molecular flexibility index (Phi) is 23.4. The number of hydrogen-bond donors (Lipinski definition) is 6. The van der Waals surface area contributed by atoms with Crippen LogP contribution in [-0.2, 0) is 50.9 Å². The molecule has 0 aliphatic carbocycles. The van der Waals surface area contributed by atoms with Crippen molar-refractivity contribution < 1.29 is 65.6 Å². The summed E-state index contributed by atoms with van der Waals surface area (Å²) < 4.78 is 74.7. The van der Waals surface area contributed by atoms with Gasteiger partial charge in [-0.3, -0.25) is 38.5 Å². The van der Waals surface area contributed by atoms with Gasteiger partial charge in [0.1, 0.15) is 24.5 Å². The number of aliphatic hydroxyl groups excluding tert-OH is 1. The molecule has 492 valence electrons. The summed E-state index contributed by atoms with van der Waals surface area (Å²) in [7, 11) is 1.95. The van der Waals surface area contributed by atoms with Crippen molar-refractivity contribution in [3.63, 3.8) is 0 Å². The van der Waals surface area contributed by atoms with Crippen LogP contribution in [0.1, 0.15) is 81.1 Å². The zero-order chi connectivity index (χ0) is 65.7. The van der Waals surface area contributed by atoms with Crippen LogP contribution in [-0.4, -0.2) is 205 Å². The molecule has 3 aliphatic rings. The number of benzene rings is 2.